The monoisotopic (exact) mass is 443 g/mol. The number of thiazole rings is 1. The van der Waals surface area contributed by atoms with E-state index in [4.69, 9.17) is 21.3 Å². The molecule has 0 bridgehead atoms. The maximum atomic E-state index is 13.6. The minimum atomic E-state index is -0.00716. The Bertz CT molecular complexity index is 1080. The standard InChI is InChI=1S/C23H26ClN3O2S/c1-15-4-5-16(2)19(12-15)22(28)27(7-6-26-8-10-29-11-9-26)23-25-21-17(3)13-18(24)14-20(21)30-23/h4-5,12-14H,6-11H2,1-3H3. The van der Waals surface area contributed by atoms with Crippen LogP contribution in [0, 0.1) is 20.8 Å². The number of amides is 1. The normalized spacial score (nSPS) is 14.9. The number of aromatic nitrogens is 1. The van der Waals surface area contributed by atoms with Crippen molar-refractivity contribution in [1.29, 1.82) is 0 Å². The van der Waals surface area contributed by atoms with Crippen LogP contribution < -0.4 is 4.90 Å². The quantitative estimate of drug-likeness (QED) is 0.565. The summed E-state index contributed by atoms with van der Waals surface area (Å²) in [5.41, 5.74) is 4.70. The Labute approximate surface area is 186 Å². The molecular weight excluding hydrogens is 418 g/mol. The fraction of sp³-hybridized carbons (Fsp3) is 0.391. The highest BCUT2D eigenvalue weighted by molar-refractivity contribution is 7.22. The van der Waals surface area contributed by atoms with E-state index in [2.05, 4.69) is 4.90 Å². The molecule has 5 nitrogen and oxygen atoms in total. The predicted molar refractivity (Wildman–Crippen MR) is 124 cm³/mol. The third kappa shape index (κ3) is 4.52. The van der Waals surface area contributed by atoms with E-state index < -0.39 is 0 Å². The van der Waals surface area contributed by atoms with Crippen molar-refractivity contribution in [3.05, 3.63) is 57.6 Å². The Morgan fingerprint density at radius 3 is 2.70 bits per heavy atom. The molecule has 30 heavy (non-hydrogen) atoms. The fourth-order valence-corrected chi connectivity index (χ4v) is 5.16. The van der Waals surface area contributed by atoms with Crippen LogP contribution >= 0.6 is 22.9 Å². The molecule has 1 aromatic heterocycles. The van der Waals surface area contributed by atoms with Crippen LogP contribution in [0.15, 0.2) is 30.3 Å². The van der Waals surface area contributed by atoms with Crippen LogP contribution in [-0.2, 0) is 4.74 Å². The summed E-state index contributed by atoms with van der Waals surface area (Å²) in [6, 6.07) is 9.85. The van der Waals surface area contributed by atoms with Gasteiger partial charge in [-0.25, -0.2) is 4.98 Å². The van der Waals surface area contributed by atoms with Gasteiger partial charge in [-0.3, -0.25) is 14.6 Å². The number of halogens is 1. The Hall–Kier alpha value is -1.99. The van der Waals surface area contributed by atoms with Gasteiger partial charge < -0.3 is 4.74 Å². The smallest absolute Gasteiger partial charge is 0.260 e. The Morgan fingerprint density at radius 2 is 1.93 bits per heavy atom. The third-order valence-electron chi connectivity index (χ3n) is 5.48. The van der Waals surface area contributed by atoms with E-state index >= 15 is 0 Å². The van der Waals surface area contributed by atoms with Crippen molar-refractivity contribution in [3.8, 4) is 0 Å². The summed E-state index contributed by atoms with van der Waals surface area (Å²) in [5, 5.41) is 1.41. The van der Waals surface area contributed by atoms with Crippen LogP contribution in [-0.4, -0.2) is 55.2 Å². The number of rotatable bonds is 5. The van der Waals surface area contributed by atoms with Gasteiger partial charge in [-0.2, -0.15) is 0 Å². The van der Waals surface area contributed by atoms with E-state index in [0.29, 0.717) is 11.6 Å². The van der Waals surface area contributed by atoms with Crippen LogP contribution in [0.25, 0.3) is 10.2 Å². The van der Waals surface area contributed by atoms with Crippen LogP contribution in [0.4, 0.5) is 5.13 Å². The third-order valence-corrected chi connectivity index (χ3v) is 6.73. The summed E-state index contributed by atoms with van der Waals surface area (Å²) < 4.78 is 6.46. The molecule has 0 N–H and O–H groups in total. The summed E-state index contributed by atoms with van der Waals surface area (Å²) in [6.45, 7) is 10.6. The summed E-state index contributed by atoms with van der Waals surface area (Å²) in [4.78, 5) is 22.6. The van der Waals surface area contributed by atoms with Gasteiger partial charge in [0.15, 0.2) is 5.13 Å². The topological polar surface area (TPSA) is 45.7 Å². The fourth-order valence-electron chi connectivity index (χ4n) is 3.72. The Kier molecular flexibility index (Phi) is 6.39. The van der Waals surface area contributed by atoms with Crippen molar-refractivity contribution in [2.75, 3.05) is 44.3 Å². The number of fused-ring (bicyclic) bond motifs is 1. The first-order valence-electron chi connectivity index (χ1n) is 10.2. The molecule has 1 aliphatic heterocycles. The zero-order valence-electron chi connectivity index (χ0n) is 17.6. The lowest BCUT2D eigenvalue weighted by Gasteiger charge is -2.29. The highest BCUT2D eigenvalue weighted by Gasteiger charge is 2.24. The second-order valence-electron chi connectivity index (χ2n) is 7.80. The van der Waals surface area contributed by atoms with Crippen molar-refractivity contribution < 1.29 is 9.53 Å². The molecule has 7 heteroatoms. The number of hydrogen-bond acceptors (Lipinski definition) is 5. The molecule has 1 saturated heterocycles. The van der Waals surface area contributed by atoms with Crippen molar-refractivity contribution in [2.45, 2.75) is 20.8 Å². The average molecular weight is 444 g/mol. The van der Waals surface area contributed by atoms with E-state index in [9.17, 15) is 4.79 Å². The van der Waals surface area contributed by atoms with E-state index in [0.717, 1.165) is 70.5 Å². The van der Waals surface area contributed by atoms with Crippen LogP contribution in [0.1, 0.15) is 27.0 Å². The molecule has 1 fully saturated rings. The Balaban J connectivity index is 1.70. The second kappa shape index (κ2) is 9.02. The zero-order valence-corrected chi connectivity index (χ0v) is 19.1. The van der Waals surface area contributed by atoms with Gasteiger partial charge in [-0.1, -0.05) is 40.6 Å². The molecule has 0 radical (unpaired) electrons. The lowest BCUT2D eigenvalue weighted by atomic mass is 10.0. The number of carbonyl (C=O) groups is 1. The molecule has 158 valence electrons. The van der Waals surface area contributed by atoms with E-state index in [-0.39, 0.29) is 5.91 Å². The first-order chi connectivity index (χ1) is 14.4. The van der Waals surface area contributed by atoms with Crippen molar-refractivity contribution >= 4 is 44.2 Å². The number of carbonyl (C=O) groups excluding carboxylic acids is 1. The minimum absolute atomic E-state index is 0.00716. The molecule has 0 unspecified atom stereocenters. The van der Waals surface area contributed by atoms with Crippen molar-refractivity contribution in [3.63, 3.8) is 0 Å². The molecule has 0 saturated carbocycles. The maximum absolute atomic E-state index is 13.6. The van der Waals surface area contributed by atoms with Crippen LogP contribution in [0.3, 0.4) is 0 Å². The number of nitrogens with zero attached hydrogens (tertiary/aromatic N) is 3. The van der Waals surface area contributed by atoms with E-state index in [1.165, 1.54) is 11.3 Å². The molecule has 1 aliphatic rings. The van der Waals surface area contributed by atoms with Gasteiger partial charge in [0.2, 0.25) is 0 Å². The first kappa shape index (κ1) is 21.2. The van der Waals surface area contributed by atoms with Gasteiger partial charge in [-0.05, 0) is 50.1 Å². The second-order valence-corrected chi connectivity index (χ2v) is 9.24. The minimum Gasteiger partial charge on any atom is -0.379 e. The van der Waals surface area contributed by atoms with Crippen LogP contribution in [0.2, 0.25) is 5.02 Å². The lowest BCUT2D eigenvalue weighted by Crippen LogP contribution is -2.43. The van der Waals surface area contributed by atoms with E-state index in [1.807, 2.05) is 56.0 Å². The molecule has 3 aromatic rings. The summed E-state index contributed by atoms with van der Waals surface area (Å²) >= 11 is 7.77. The molecule has 2 aromatic carbocycles. The number of hydrogen-bond donors (Lipinski definition) is 0. The first-order valence-corrected chi connectivity index (χ1v) is 11.4. The van der Waals surface area contributed by atoms with Crippen molar-refractivity contribution in [1.82, 2.24) is 9.88 Å². The van der Waals surface area contributed by atoms with Gasteiger partial charge in [0.1, 0.15) is 0 Å². The molecular formula is C23H26ClN3O2S. The summed E-state index contributed by atoms with van der Waals surface area (Å²) in [7, 11) is 0. The lowest BCUT2D eigenvalue weighted by molar-refractivity contribution is 0.0391. The highest BCUT2D eigenvalue weighted by atomic mass is 35.5. The molecule has 0 atom stereocenters. The molecule has 4 rings (SSSR count). The number of anilines is 1. The van der Waals surface area contributed by atoms with Crippen LogP contribution in [0.5, 0.6) is 0 Å². The molecule has 2 heterocycles. The number of aryl methyl sites for hydroxylation is 3. The largest absolute Gasteiger partial charge is 0.379 e. The molecule has 1 amide bonds. The summed E-state index contributed by atoms with van der Waals surface area (Å²) in [5.74, 6) is -0.00716. The van der Waals surface area contributed by atoms with Gasteiger partial charge in [0.25, 0.3) is 5.91 Å². The molecule has 0 aliphatic carbocycles. The van der Waals surface area contributed by atoms with Gasteiger partial charge >= 0.3 is 0 Å². The predicted octanol–water partition coefficient (Wildman–Crippen LogP) is 4.85. The highest BCUT2D eigenvalue weighted by Crippen LogP contribution is 2.34. The maximum Gasteiger partial charge on any atom is 0.260 e. The zero-order chi connectivity index (χ0) is 21.3. The van der Waals surface area contributed by atoms with Gasteiger partial charge in [0, 0.05) is 36.8 Å². The number of ether oxygens (including phenoxy) is 1. The molecule has 0 spiro atoms. The van der Waals surface area contributed by atoms with Crippen molar-refractivity contribution in [2.24, 2.45) is 0 Å². The SMILES string of the molecule is Cc1ccc(C)c(C(=O)N(CCN2CCOCC2)c2nc3c(C)cc(Cl)cc3s2)c1. The van der Waals surface area contributed by atoms with Gasteiger partial charge in [0.05, 0.1) is 23.4 Å². The van der Waals surface area contributed by atoms with Gasteiger partial charge in [-0.15, -0.1) is 0 Å². The Morgan fingerprint density at radius 1 is 1.17 bits per heavy atom. The van der Waals surface area contributed by atoms with E-state index in [1.54, 1.807) is 0 Å². The number of morpholine rings is 1. The number of benzene rings is 2. The summed E-state index contributed by atoms with van der Waals surface area (Å²) in [6.07, 6.45) is 0. The average Bonchev–Trinajstić information content (AvgIpc) is 3.14.